The van der Waals surface area contributed by atoms with Gasteiger partial charge in [-0.15, -0.1) is 0 Å². The van der Waals surface area contributed by atoms with Crippen molar-refractivity contribution in [2.75, 3.05) is 39.8 Å². The molecule has 15 heavy (non-hydrogen) atoms. The van der Waals surface area contributed by atoms with Gasteiger partial charge in [-0.05, 0) is 25.9 Å². The van der Waals surface area contributed by atoms with Crippen molar-refractivity contribution in [2.24, 2.45) is 0 Å². The lowest BCUT2D eigenvalue weighted by atomic mass is 10.1. The Morgan fingerprint density at radius 1 is 1.27 bits per heavy atom. The molecule has 0 aliphatic carbocycles. The second-order valence-electron chi connectivity index (χ2n) is 3.98. The van der Waals surface area contributed by atoms with E-state index in [1.807, 2.05) is 0 Å². The minimum atomic E-state index is -0.138. The van der Waals surface area contributed by atoms with Gasteiger partial charge in [-0.1, -0.05) is 6.42 Å². The molecule has 0 amide bonds. The SMILES string of the molecule is COC(=O)CCNCCN1CCCCC1. The van der Waals surface area contributed by atoms with Gasteiger partial charge in [-0.3, -0.25) is 4.79 Å². The number of ether oxygens (including phenoxy) is 1. The number of esters is 1. The summed E-state index contributed by atoms with van der Waals surface area (Å²) in [5, 5.41) is 3.26. The third-order valence-corrected chi connectivity index (χ3v) is 2.79. The van der Waals surface area contributed by atoms with Crippen LogP contribution in [0.5, 0.6) is 0 Å². The Morgan fingerprint density at radius 2 is 2.00 bits per heavy atom. The fourth-order valence-corrected chi connectivity index (χ4v) is 1.84. The summed E-state index contributed by atoms with van der Waals surface area (Å²) < 4.78 is 4.56. The lowest BCUT2D eigenvalue weighted by Gasteiger charge is -2.26. The zero-order valence-corrected chi connectivity index (χ0v) is 9.63. The van der Waals surface area contributed by atoms with Crippen molar-refractivity contribution in [1.82, 2.24) is 10.2 Å². The molecule has 1 aliphatic heterocycles. The first-order chi connectivity index (χ1) is 7.33. The number of carbonyl (C=O) groups is 1. The molecule has 0 aromatic rings. The first-order valence-electron chi connectivity index (χ1n) is 5.83. The number of nitrogens with one attached hydrogen (secondary N) is 1. The number of nitrogens with zero attached hydrogens (tertiary/aromatic N) is 1. The number of likely N-dealkylation sites (tertiary alicyclic amines) is 1. The van der Waals surface area contributed by atoms with E-state index in [2.05, 4.69) is 15.0 Å². The molecule has 1 N–H and O–H groups in total. The van der Waals surface area contributed by atoms with E-state index in [1.54, 1.807) is 0 Å². The smallest absolute Gasteiger partial charge is 0.306 e. The molecule has 4 nitrogen and oxygen atoms in total. The van der Waals surface area contributed by atoms with E-state index in [0.29, 0.717) is 6.42 Å². The van der Waals surface area contributed by atoms with Gasteiger partial charge in [-0.25, -0.2) is 0 Å². The zero-order valence-electron chi connectivity index (χ0n) is 9.63. The van der Waals surface area contributed by atoms with Crippen LogP contribution in [0.4, 0.5) is 0 Å². The molecule has 1 aliphatic rings. The summed E-state index contributed by atoms with van der Waals surface area (Å²) in [5.74, 6) is -0.138. The van der Waals surface area contributed by atoms with Crippen LogP contribution < -0.4 is 5.32 Å². The second-order valence-corrected chi connectivity index (χ2v) is 3.98. The molecular weight excluding hydrogens is 192 g/mol. The number of rotatable bonds is 6. The van der Waals surface area contributed by atoms with Gasteiger partial charge in [0.1, 0.15) is 0 Å². The molecule has 0 aromatic heterocycles. The Balaban J connectivity index is 1.89. The molecule has 0 radical (unpaired) electrons. The number of methoxy groups -OCH3 is 1. The van der Waals surface area contributed by atoms with Gasteiger partial charge in [0.05, 0.1) is 13.5 Å². The van der Waals surface area contributed by atoms with Gasteiger partial charge in [-0.2, -0.15) is 0 Å². The topological polar surface area (TPSA) is 41.6 Å². The van der Waals surface area contributed by atoms with Crippen LogP contribution in [-0.4, -0.2) is 50.7 Å². The van der Waals surface area contributed by atoms with Crippen LogP contribution in [0.2, 0.25) is 0 Å². The van der Waals surface area contributed by atoms with Crippen molar-refractivity contribution in [3.05, 3.63) is 0 Å². The maximum absolute atomic E-state index is 10.8. The van der Waals surface area contributed by atoms with E-state index in [4.69, 9.17) is 0 Å². The Labute approximate surface area is 92.0 Å². The fraction of sp³-hybridized carbons (Fsp3) is 0.909. The van der Waals surface area contributed by atoms with E-state index in [0.717, 1.165) is 19.6 Å². The second kappa shape index (κ2) is 7.65. The summed E-state index contributed by atoms with van der Waals surface area (Å²) in [5.41, 5.74) is 0. The van der Waals surface area contributed by atoms with Crippen molar-refractivity contribution in [1.29, 1.82) is 0 Å². The lowest BCUT2D eigenvalue weighted by molar-refractivity contribution is -0.140. The number of hydrogen-bond donors (Lipinski definition) is 1. The maximum atomic E-state index is 10.8. The highest BCUT2D eigenvalue weighted by molar-refractivity contribution is 5.69. The van der Waals surface area contributed by atoms with Gasteiger partial charge in [0.25, 0.3) is 0 Å². The molecular formula is C11H22N2O2. The summed E-state index contributed by atoms with van der Waals surface area (Å²) in [6, 6.07) is 0. The molecule has 1 heterocycles. The third-order valence-electron chi connectivity index (χ3n) is 2.79. The van der Waals surface area contributed by atoms with Gasteiger partial charge >= 0.3 is 5.97 Å². The van der Waals surface area contributed by atoms with Gasteiger partial charge in [0, 0.05) is 19.6 Å². The third kappa shape index (κ3) is 5.74. The summed E-state index contributed by atoms with van der Waals surface area (Å²) in [7, 11) is 1.43. The minimum absolute atomic E-state index is 0.138. The summed E-state index contributed by atoms with van der Waals surface area (Å²) >= 11 is 0. The molecule has 0 saturated carbocycles. The van der Waals surface area contributed by atoms with Crippen LogP contribution in [0, 0.1) is 0 Å². The van der Waals surface area contributed by atoms with E-state index >= 15 is 0 Å². The van der Waals surface area contributed by atoms with Crippen LogP contribution in [-0.2, 0) is 9.53 Å². The lowest BCUT2D eigenvalue weighted by Crippen LogP contribution is -2.36. The molecule has 0 bridgehead atoms. The van der Waals surface area contributed by atoms with Crippen LogP contribution in [0.3, 0.4) is 0 Å². The largest absolute Gasteiger partial charge is 0.469 e. The normalized spacial score (nSPS) is 17.7. The summed E-state index contributed by atoms with van der Waals surface area (Å²) in [6.45, 7) is 5.26. The summed E-state index contributed by atoms with van der Waals surface area (Å²) in [6.07, 6.45) is 4.52. The van der Waals surface area contributed by atoms with Gasteiger partial charge in [0.2, 0.25) is 0 Å². The molecule has 0 unspecified atom stereocenters. The average molecular weight is 214 g/mol. The van der Waals surface area contributed by atoms with E-state index in [9.17, 15) is 4.79 Å². The van der Waals surface area contributed by atoms with E-state index in [1.165, 1.54) is 39.5 Å². The monoisotopic (exact) mass is 214 g/mol. The van der Waals surface area contributed by atoms with E-state index < -0.39 is 0 Å². The number of carbonyl (C=O) groups excluding carboxylic acids is 1. The van der Waals surface area contributed by atoms with Crippen molar-refractivity contribution in [3.63, 3.8) is 0 Å². The molecule has 1 rings (SSSR count). The Kier molecular flexibility index (Phi) is 6.36. The highest BCUT2D eigenvalue weighted by Crippen LogP contribution is 2.07. The quantitative estimate of drug-likeness (QED) is 0.520. The standard InChI is InChI=1S/C11H22N2O2/c1-15-11(14)5-6-12-7-10-13-8-3-2-4-9-13/h12H,2-10H2,1H3. The molecule has 0 spiro atoms. The van der Waals surface area contributed by atoms with Crippen molar-refractivity contribution in [2.45, 2.75) is 25.7 Å². The van der Waals surface area contributed by atoms with Crippen LogP contribution in [0.15, 0.2) is 0 Å². The van der Waals surface area contributed by atoms with E-state index in [-0.39, 0.29) is 5.97 Å². The maximum Gasteiger partial charge on any atom is 0.306 e. The highest BCUT2D eigenvalue weighted by atomic mass is 16.5. The highest BCUT2D eigenvalue weighted by Gasteiger charge is 2.08. The zero-order chi connectivity index (χ0) is 10.9. The molecule has 1 saturated heterocycles. The first-order valence-corrected chi connectivity index (χ1v) is 5.83. The van der Waals surface area contributed by atoms with Gasteiger partial charge in [0.15, 0.2) is 0 Å². The summed E-state index contributed by atoms with van der Waals surface area (Å²) in [4.78, 5) is 13.3. The molecule has 0 atom stereocenters. The van der Waals surface area contributed by atoms with Crippen LogP contribution in [0.25, 0.3) is 0 Å². The molecule has 1 fully saturated rings. The van der Waals surface area contributed by atoms with Crippen molar-refractivity contribution in [3.8, 4) is 0 Å². The van der Waals surface area contributed by atoms with Crippen molar-refractivity contribution >= 4 is 5.97 Å². The Hall–Kier alpha value is -0.610. The molecule has 4 heteroatoms. The first kappa shape index (κ1) is 12.5. The minimum Gasteiger partial charge on any atom is -0.469 e. The predicted octanol–water partition coefficient (Wildman–Crippen LogP) is 0.625. The molecule has 0 aromatic carbocycles. The Morgan fingerprint density at radius 3 is 2.67 bits per heavy atom. The number of hydrogen-bond acceptors (Lipinski definition) is 4. The fourth-order valence-electron chi connectivity index (χ4n) is 1.84. The van der Waals surface area contributed by atoms with Crippen LogP contribution in [0.1, 0.15) is 25.7 Å². The average Bonchev–Trinajstić information content (AvgIpc) is 2.29. The molecule has 88 valence electrons. The van der Waals surface area contributed by atoms with Gasteiger partial charge < -0.3 is 15.0 Å². The van der Waals surface area contributed by atoms with Crippen molar-refractivity contribution < 1.29 is 9.53 Å². The number of piperidine rings is 1. The predicted molar refractivity (Wildman–Crippen MR) is 59.8 cm³/mol. The Bertz CT molecular complexity index is 179. The van der Waals surface area contributed by atoms with Crippen LogP contribution >= 0.6 is 0 Å².